The van der Waals surface area contributed by atoms with Gasteiger partial charge in [0, 0.05) is 30.9 Å². The molecule has 0 saturated heterocycles. The quantitative estimate of drug-likeness (QED) is 0.908. The van der Waals surface area contributed by atoms with Gasteiger partial charge in [-0.3, -0.25) is 9.78 Å². The second-order valence-corrected chi connectivity index (χ2v) is 5.73. The number of nitrogens with one attached hydrogen (secondary N) is 1. The molecule has 4 heteroatoms. The number of pyridine rings is 1. The third kappa shape index (κ3) is 2.95. The number of carbonyl (C=O) groups excluding carboxylic acids is 1. The Morgan fingerprint density at radius 3 is 2.95 bits per heavy atom. The highest BCUT2D eigenvalue weighted by molar-refractivity contribution is 5.93. The molecule has 0 radical (unpaired) electrons. The van der Waals surface area contributed by atoms with Crippen molar-refractivity contribution >= 4 is 11.6 Å². The molecule has 108 valence electrons. The number of hydrogen-bond acceptors (Lipinski definition) is 3. The fourth-order valence-corrected chi connectivity index (χ4v) is 2.72. The molecule has 1 aliphatic heterocycles. The van der Waals surface area contributed by atoms with E-state index in [2.05, 4.69) is 10.3 Å². The van der Waals surface area contributed by atoms with E-state index in [9.17, 15) is 9.90 Å². The Kier molecular flexibility index (Phi) is 3.47. The maximum Gasteiger partial charge on any atom is 0.224 e. The lowest BCUT2D eigenvalue weighted by Gasteiger charge is -2.26. The van der Waals surface area contributed by atoms with Crippen LogP contribution in [0.5, 0.6) is 0 Å². The minimum atomic E-state index is -0.959. The van der Waals surface area contributed by atoms with E-state index in [4.69, 9.17) is 0 Å². The average Bonchev–Trinajstić information content (AvgIpc) is 2.47. The SMILES string of the molecule is CC(O)(Cc1cccnc1)c1ccc2c(c1)CCC(=O)N2. The minimum absolute atomic E-state index is 0.0531. The van der Waals surface area contributed by atoms with Crippen LogP contribution in [-0.2, 0) is 23.2 Å². The summed E-state index contributed by atoms with van der Waals surface area (Å²) in [6.07, 6.45) is 5.22. The number of carbonyl (C=O) groups is 1. The van der Waals surface area contributed by atoms with E-state index in [0.717, 1.165) is 28.8 Å². The molecule has 0 aliphatic carbocycles. The largest absolute Gasteiger partial charge is 0.385 e. The van der Waals surface area contributed by atoms with Gasteiger partial charge in [-0.25, -0.2) is 0 Å². The second kappa shape index (κ2) is 5.30. The predicted octanol–water partition coefficient (Wildman–Crippen LogP) is 2.42. The summed E-state index contributed by atoms with van der Waals surface area (Å²) in [5, 5.41) is 13.6. The molecule has 1 atom stereocenters. The standard InChI is InChI=1S/C17H18N2O2/c1-17(21,10-12-3-2-8-18-11-12)14-5-6-15-13(9-14)4-7-16(20)19-15/h2-3,5-6,8-9,11,21H,4,7,10H2,1H3,(H,19,20). The van der Waals surface area contributed by atoms with Gasteiger partial charge in [0.1, 0.15) is 0 Å². The van der Waals surface area contributed by atoms with Gasteiger partial charge in [-0.1, -0.05) is 18.2 Å². The van der Waals surface area contributed by atoms with Crippen LogP contribution in [0.3, 0.4) is 0 Å². The number of fused-ring (bicyclic) bond motifs is 1. The summed E-state index contributed by atoms with van der Waals surface area (Å²) >= 11 is 0. The number of anilines is 1. The molecule has 4 nitrogen and oxygen atoms in total. The molecular formula is C17H18N2O2. The summed E-state index contributed by atoms with van der Waals surface area (Å²) < 4.78 is 0. The van der Waals surface area contributed by atoms with Gasteiger partial charge < -0.3 is 10.4 Å². The first-order valence-corrected chi connectivity index (χ1v) is 7.09. The Hall–Kier alpha value is -2.20. The van der Waals surface area contributed by atoms with Crippen molar-refractivity contribution in [2.75, 3.05) is 5.32 Å². The maximum atomic E-state index is 11.4. The van der Waals surface area contributed by atoms with Gasteiger partial charge in [-0.15, -0.1) is 0 Å². The van der Waals surface area contributed by atoms with Crippen LogP contribution in [-0.4, -0.2) is 16.0 Å². The van der Waals surface area contributed by atoms with Gasteiger partial charge in [0.25, 0.3) is 0 Å². The van der Waals surface area contributed by atoms with E-state index < -0.39 is 5.60 Å². The fraction of sp³-hybridized carbons (Fsp3) is 0.294. The van der Waals surface area contributed by atoms with Crippen LogP contribution in [0, 0.1) is 0 Å². The van der Waals surface area contributed by atoms with Crippen LogP contribution in [0.4, 0.5) is 5.69 Å². The molecule has 1 aromatic carbocycles. The number of benzene rings is 1. The molecule has 21 heavy (non-hydrogen) atoms. The van der Waals surface area contributed by atoms with Crippen LogP contribution in [0.15, 0.2) is 42.7 Å². The van der Waals surface area contributed by atoms with Crippen LogP contribution in [0.1, 0.15) is 30.0 Å². The van der Waals surface area contributed by atoms with Crippen molar-refractivity contribution in [3.63, 3.8) is 0 Å². The topological polar surface area (TPSA) is 62.2 Å². The van der Waals surface area contributed by atoms with Crippen LogP contribution in [0.2, 0.25) is 0 Å². The third-order valence-corrected chi connectivity index (χ3v) is 3.89. The number of nitrogens with zero attached hydrogens (tertiary/aromatic N) is 1. The van der Waals surface area contributed by atoms with Crippen LogP contribution < -0.4 is 5.32 Å². The van der Waals surface area contributed by atoms with Crippen molar-refractivity contribution in [2.24, 2.45) is 0 Å². The van der Waals surface area contributed by atoms with E-state index in [-0.39, 0.29) is 5.91 Å². The Morgan fingerprint density at radius 2 is 2.19 bits per heavy atom. The highest BCUT2D eigenvalue weighted by atomic mass is 16.3. The Morgan fingerprint density at radius 1 is 1.33 bits per heavy atom. The first-order valence-electron chi connectivity index (χ1n) is 7.09. The molecule has 1 amide bonds. The summed E-state index contributed by atoms with van der Waals surface area (Å²) in [5.41, 5.74) is 2.83. The van der Waals surface area contributed by atoms with Gasteiger partial charge in [0.05, 0.1) is 5.60 Å². The molecule has 2 heterocycles. The monoisotopic (exact) mass is 282 g/mol. The van der Waals surface area contributed by atoms with Gasteiger partial charge in [-0.05, 0) is 42.2 Å². The zero-order valence-electron chi connectivity index (χ0n) is 12.0. The fourth-order valence-electron chi connectivity index (χ4n) is 2.72. The molecule has 1 aliphatic rings. The minimum Gasteiger partial charge on any atom is -0.385 e. The van der Waals surface area contributed by atoms with E-state index in [1.165, 1.54) is 0 Å². The second-order valence-electron chi connectivity index (χ2n) is 5.73. The Balaban J connectivity index is 1.87. The van der Waals surface area contributed by atoms with E-state index in [1.807, 2.05) is 37.3 Å². The summed E-state index contributed by atoms with van der Waals surface area (Å²) in [6, 6.07) is 9.57. The lowest BCUT2D eigenvalue weighted by Crippen LogP contribution is -2.26. The smallest absolute Gasteiger partial charge is 0.224 e. The summed E-state index contributed by atoms with van der Waals surface area (Å²) in [7, 11) is 0. The summed E-state index contributed by atoms with van der Waals surface area (Å²) in [6.45, 7) is 1.81. The van der Waals surface area contributed by atoms with Crippen molar-refractivity contribution in [3.05, 3.63) is 59.4 Å². The first kappa shape index (κ1) is 13.8. The van der Waals surface area contributed by atoms with Crippen molar-refractivity contribution < 1.29 is 9.90 Å². The highest BCUT2D eigenvalue weighted by Gasteiger charge is 2.25. The number of aryl methyl sites for hydroxylation is 1. The first-order chi connectivity index (χ1) is 10.0. The molecule has 0 saturated carbocycles. The van der Waals surface area contributed by atoms with Crippen molar-refractivity contribution in [1.29, 1.82) is 0 Å². The molecule has 2 N–H and O–H groups in total. The normalized spacial score (nSPS) is 16.8. The molecule has 0 fully saturated rings. The number of aromatic nitrogens is 1. The zero-order chi connectivity index (χ0) is 14.9. The molecule has 1 aromatic heterocycles. The third-order valence-electron chi connectivity index (χ3n) is 3.89. The van der Waals surface area contributed by atoms with Crippen LogP contribution >= 0.6 is 0 Å². The number of amides is 1. The van der Waals surface area contributed by atoms with Crippen molar-refractivity contribution in [3.8, 4) is 0 Å². The van der Waals surface area contributed by atoms with Crippen molar-refractivity contribution in [1.82, 2.24) is 4.98 Å². The molecule has 3 rings (SSSR count). The molecule has 1 unspecified atom stereocenters. The van der Waals surface area contributed by atoms with E-state index in [1.54, 1.807) is 12.4 Å². The maximum absolute atomic E-state index is 11.4. The molecular weight excluding hydrogens is 264 g/mol. The molecule has 0 bridgehead atoms. The molecule has 2 aromatic rings. The van der Waals surface area contributed by atoms with E-state index >= 15 is 0 Å². The van der Waals surface area contributed by atoms with Gasteiger partial charge in [0.15, 0.2) is 0 Å². The van der Waals surface area contributed by atoms with Crippen LogP contribution in [0.25, 0.3) is 0 Å². The zero-order valence-corrected chi connectivity index (χ0v) is 12.0. The van der Waals surface area contributed by atoms with Gasteiger partial charge in [0.2, 0.25) is 5.91 Å². The predicted molar refractivity (Wildman–Crippen MR) is 80.9 cm³/mol. The Labute approximate surface area is 123 Å². The lowest BCUT2D eigenvalue weighted by atomic mass is 9.87. The van der Waals surface area contributed by atoms with Gasteiger partial charge >= 0.3 is 0 Å². The summed E-state index contributed by atoms with van der Waals surface area (Å²) in [5.74, 6) is 0.0531. The lowest BCUT2D eigenvalue weighted by molar-refractivity contribution is -0.116. The van der Waals surface area contributed by atoms with Crippen molar-refractivity contribution in [2.45, 2.75) is 31.8 Å². The average molecular weight is 282 g/mol. The van der Waals surface area contributed by atoms with E-state index in [0.29, 0.717) is 12.8 Å². The number of rotatable bonds is 3. The number of hydrogen-bond donors (Lipinski definition) is 2. The Bertz CT molecular complexity index is 666. The van der Waals surface area contributed by atoms with Gasteiger partial charge in [-0.2, -0.15) is 0 Å². The highest BCUT2D eigenvalue weighted by Crippen LogP contribution is 2.30. The number of aliphatic hydroxyl groups is 1. The summed E-state index contributed by atoms with van der Waals surface area (Å²) in [4.78, 5) is 15.5. The molecule has 0 spiro atoms.